The van der Waals surface area contributed by atoms with Crippen molar-refractivity contribution in [1.82, 2.24) is 30.2 Å². The first-order valence-corrected chi connectivity index (χ1v) is 12.2. The summed E-state index contributed by atoms with van der Waals surface area (Å²) in [4.78, 5) is 31.2. The molecule has 4 fully saturated rings. The minimum absolute atomic E-state index is 0.0678. The Balaban J connectivity index is 1.03. The standard InChI is InChI=1S/C25H28FN7O2/c26-25-13-24(14-25,15-25)16-28-18-4-3-8-32(12-18)21-7-6-17(30-31-21)11-27-23(35)19-10-22(34)33-9-2-1-5-20(33)29-19/h1-2,5-7,9-10,18,28H,3-4,8,11-16H2,(H,27,35). The predicted molar refractivity (Wildman–Crippen MR) is 128 cm³/mol. The maximum atomic E-state index is 13.8. The van der Waals surface area contributed by atoms with E-state index in [2.05, 4.69) is 30.7 Å². The Labute approximate surface area is 201 Å². The third-order valence-electron chi connectivity index (χ3n) is 7.53. The molecule has 3 aliphatic carbocycles. The number of hydrogen-bond donors (Lipinski definition) is 2. The van der Waals surface area contributed by atoms with E-state index in [1.54, 1.807) is 24.4 Å². The van der Waals surface area contributed by atoms with Crippen LogP contribution in [0.15, 0.2) is 47.4 Å². The van der Waals surface area contributed by atoms with Gasteiger partial charge >= 0.3 is 0 Å². The molecule has 0 spiro atoms. The molecule has 2 N–H and O–H groups in total. The zero-order chi connectivity index (χ0) is 24.0. The molecule has 3 aromatic heterocycles. The lowest BCUT2D eigenvalue weighted by Crippen LogP contribution is -2.68. The number of hydrogen-bond acceptors (Lipinski definition) is 7. The molecule has 10 heteroatoms. The van der Waals surface area contributed by atoms with E-state index < -0.39 is 11.6 Å². The van der Waals surface area contributed by atoms with E-state index in [1.807, 2.05) is 12.1 Å². The third kappa shape index (κ3) is 4.27. The van der Waals surface area contributed by atoms with Crippen molar-refractivity contribution in [2.45, 2.75) is 50.4 Å². The van der Waals surface area contributed by atoms with Crippen LogP contribution < -0.4 is 21.1 Å². The van der Waals surface area contributed by atoms with Crippen molar-refractivity contribution < 1.29 is 9.18 Å². The van der Waals surface area contributed by atoms with Gasteiger partial charge in [-0.2, -0.15) is 5.10 Å². The first kappa shape index (κ1) is 22.1. The van der Waals surface area contributed by atoms with E-state index >= 15 is 0 Å². The Morgan fingerprint density at radius 1 is 1.17 bits per heavy atom. The molecule has 4 heterocycles. The lowest BCUT2D eigenvalue weighted by atomic mass is 9.42. The van der Waals surface area contributed by atoms with Gasteiger partial charge in [0.05, 0.1) is 12.2 Å². The second-order valence-corrected chi connectivity index (χ2v) is 10.3. The number of fused-ring (bicyclic) bond motifs is 1. The summed E-state index contributed by atoms with van der Waals surface area (Å²) >= 11 is 0. The predicted octanol–water partition coefficient (Wildman–Crippen LogP) is 1.87. The number of aromatic nitrogens is 4. The highest BCUT2D eigenvalue weighted by Gasteiger charge is 2.68. The van der Waals surface area contributed by atoms with Crippen molar-refractivity contribution in [3.05, 3.63) is 64.3 Å². The van der Waals surface area contributed by atoms with Crippen LogP contribution in [0.5, 0.6) is 0 Å². The van der Waals surface area contributed by atoms with E-state index in [0.717, 1.165) is 57.6 Å². The molecule has 35 heavy (non-hydrogen) atoms. The highest BCUT2D eigenvalue weighted by molar-refractivity contribution is 5.92. The Kier molecular flexibility index (Phi) is 5.28. The maximum Gasteiger partial charge on any atom is 0.270 e. The largest absolute Gasteiger partial charge is 0.354 e. The van der Waals surface area contributed by atoms with Gasteiger partial charge in [0.1, 0.15) is 17.0 Å². The van der Waals surface area contributed by atoms with Crippen molar-refractivity contribution in [2.75, 3.05) is 24.5 Å². The van der Waals surface area contributed by atoms with Gasteiger partial charge in [-0.25, -0.2) is 9.37 Å². The second-order valence-electron chi connectivity index (χ2n) is 10.3. The Bertz CT molecular complexity index is 1310. The van der Waals surface area contributed by atoms with E-state index in [1.165, 1.54) is 10.5 Å². The molecule has 4 aliphatic rings. The fourth-order valence-corrected chi connectivity index (χ4v) is 5.81. The molecule has 9 nitrogen and oxygen atoms in total. The summed E-state index contributed by atoms with van der Waals surface area (Å²) in [7, 11) is 0. The van der Waals surface area contributed by atoms with Crippen molar-refractivity contribution in [3.8, 4) is 0 Å². The summed E-state index contributed by atoms with van der Waals surface area (Å²) in [6.45, 7) is 2.86. The molecule has 182 valence electrons. The number of alkyl halides is 1. The van der Waals surface area contributed by atoms with Crippen LogP contribution in [0.25, 0.3) is 5.65 Å². The average molecular weight is 478 g/mol. The monoisotopic (exact) mass is 477 g/mol. The molecule has 1 saturated heterocycles. The number of nitrogens with zero attached hydrogens (tertiary/aromatic N) is 5. The first-order valence-electron chi connectivity index (χ1n) is 12.2. The van der Waals surface area contributed by atoms with Gasteiger partial charge in [0.15, 0.2) is 5.82 Å². The van der Waals surface area contributed by atoms with Gasteiger partial charge in [0, 0.05) is 37.9 Å². The molecule has 1 amide bonds. The van der Waals surface area contributed by atoms with Gasteiger partial charge in [-0.15, -0.1) is 5.10 Å². The minimum atomic E-state index is -0.846. The highest BCUT2D eigenvalue weighted by atomic mass is 19.1. The van der Waals surface area contributed by atoms with Gasteiger partial charge in [-0.05, 0) is 61.8 Å². The molecule has 1 atom stereocenters. The quantitative estimate of drug-likeness (QED) is 0.535. The van der Waals surface area contributed by atoms with Crippen LogP contribution in [0.3, 0.4) is 0 Å². The molecular weight excluding hydrogens is 449 g/mol. The number of carbonyl (C=O) groups excluding carboxylic acids is 1. The summed E-state index contributed by atoms with van der Waals surface area (Å²) in [6.07, 6.45) is 5.96. The molecular formula is C25H28FN7O2. The zero-order valence-electron chi connectivity index (χ0n) is 19.4. The van der Waals surface area contributed by atoms with Crippen molar-refractivity contribution >= 4 is 17.4 Å². The van der Waals surface area contributed by atoms with Crippen LogP contribution in [-0.2, 0) is 6.54 Å². The van der Waals surface area contributed by atoms with E-state index in [9.17, 15) is 14.0 Å². The molecule has 0 radical (unpaired) electrons. The van der Waals surface area contributed by atoms with Gasteiger partial charge in [-0.1, -0.05) is 6.07 Å². The van der Waals surface area contributed by atoms with Gasteiger partial charge in [0.2, 0.25) is 0 Å². The number of nitrogens with one attached hydrogen (secondary N) is 2. The number of halogens is 1. The Morgan fingerprint density at radius 2 is 2.03 bits per heavy atom. The van der Waals surface area contributed by atoms with Crippen LogP contribution in [-0.4, -0.2) is 56.8 Å². The molecule has 2 bridgehead atoms. The lowest BCUT2D eigenvalue weighted by Gasteiger charge is -2.66. The number of carbonyl (C=O) groups is 1. The minimum Gasteiger partial charge on any atom is -0.354 e. The van der Waals surface area contributed by atoms with Gasteiger partial charge < -0.3 is 15.5 Å². The fourth-order valence-electron chi connectivity index (χ4n) is 5.81. The van der Waals surface area contributed by atoms with E-state index in [4.69, 9.17) is 0 Å². The van der Waals surface area contributed by atoms with Crippen molar-refractivity contribution in [1.29, 1.82) is 0 Å². The molecule has 3 aromatic rings. The number of amides is 1. The average Bonchev–Trinajstić information content (AvgIpc) is 2.84. The normalized spacial score (nSPS) is 27.2. The SMILES string of the molecule is O=C(NCc1ccc(N2CCCC(NCC34CC(F)(C3)C4)C2)nn1)c1cc(=O)n2ccccc2n1. The van der Waals surface area contributed by atoms with Crippen LogP contribution in [0, 0.1) is 5.41 Å². The summed E-state index contributed by atoms with van der Waals surface area (Å²) < 4.78 is 15.1. The second kappa shape index (κ2) is 8.37. The van der Waals surface area contributed by atoms with Crippen LogP contribution >= 0.6 is 0 Å². The lowest BCUT2D eigenvalue weighted by molar-refractivity contribution is -0.210. The molecule has 1 unspecified atom stereocenters. The highest BCUT2D eigenvalue weighted by Crippen LogP contribution is 2.69. The van der Waals surface area contributed by atoms with E-state index in [-0.39, 0.29) is 23.2 Å². The van der Waals surface area contributed by atoms with E-state index in [0.29, 0.717) is 17.4 Å². The third-order valence-corrected chi connectivity index (χ3v) is 7.53. The number of anilines is 1. The molecule has 7 rings (SSSR count). The van der Waals surface area contributed by atoms with Crippen LogP contribution in [0.4, 0.5) is 10.2 Å². The summed E-state index contributed by atoms with van der Waals surface area (Å²) in [5, 5.41) is 15.1. The van der Waals surface area contributed by atoms with Gasteiger partial charge in [-0.3, -0.25) is 14.0 Å². The molecule has 3 saturated carbocycles. The van der Waals surface area contributed by atoms with Crippen LogP contribution in [0.1, 0.15) is 48.3 Å². The first-order chi connectivity index (χ1) is 16.9. The number of rotatable bonds is 7. The van der Waals surface area contributed by atoms with Crippen molar-refractivity contribution in [3.63, 3.8) is 0 Å². The molecule has 1 aliphatic heterocycles. The smallest absolute Gasteiger partial charge is 0.270 e. The topological polar surface area (TPSA) is 105 Å². The zero-order valence-corrected chi connectivity index (χ0v) is 19.4. The van der Waals surface area contributed by atoms with Crippen LogP contribution in [0.2, 0.25) is 0 Å². The number of pyridine rings is 1. The summed E-state index contributed by atoms with van der Waals surface area (Å²) in [6, 6.07) is 10.5. The Morgan fingerprint density at radius 3 is 2.80 bits per heavy atom. The summed E-state index contributed by atoms with van der Waals surface area (Å²) in [5.74, 6) is 0.371. The maximum absolute atomic E-state index is 13.8. The molecule has 0 aromatic carbocycles. The van der Waals surface area contributed by atoms with Gasteiger partial charge in [0.25, 0.3) is 11.5 Å². The fraction of sp³-hybridized carbons (Fsp3) is 0.480. The number of piperidine rings is 1. The Hall–Kier alpha value is -3.40. The summed E-state index contributed by atoms with van der Waals surface area (Å²) in [5.41, 5.74) is 0.155. The van der Waals surface area contributed by atoms with Crippen molar-refractivity contribution in [2.24, 2.45) is 5.41 Å².